The molecule has 0 aromatic rings. The van der Waals surface area contributed by atoms with Crippen molar-refractivity contribution in [2.45, 2.75) is 444 Å². The molecule has 0 aliphatic carbocycles. The number of aliphatic hydroxyl groups is 1. The zero-order chi connectivity index (χ0) is 71.8. The van der Waals surface area contributed by atoms with Crippen molar-refractivity contribution in [1.82, 2.24) is 0 Å². The van der Waals surface area contributed by atoms with E-state index in [1.165, 1.54) is 257 Å². The minimum atomic E-state index is -4.96. The van der Waals surface area contributed by atoms with Gasteiger partial charge in [0, 0.05) is 25.7 Å². The molecule has 0 aromatic carbocycles. The maximum Gasteiger partial charge on any atom is 0.472 e. The van der Waals surface area contributed by atoms with Crippen LogP contribution < -0.4 is 0 Å². The number of phosphoric ester groups is 2. The van der Waals surface area contributed by atoms with E-state index in [2.05, 4.69) is 27.7 Å². The van der Waals surface area contributed by atoms with Gasteiger partial charge in [-0.15, -0.1) is 0 Å². The fourth-order valence-corrected chi connectivity index (χ4v) is 13.9. The van der Waals surface area contributed by atoms with Gasteiger partial charge >= 0.3 is 39.5 Å². The van der Waals surface area contributed by atoms with Crippen molar-refractivity contribution in [3.63, 3.8) is 0 Å². The van der Waals surface area contributed by atoms with E-state index in [1.807, 2.05) is 0 Å². The molecule has 0 radical (unpaired) electrons. The molecule has 0 saturated heterocycles. The summed E-state index contributed by atoms with van der Waals surface area (Å²) in [4.78, 5) is 72.8. The Kier molecular flexibility index (Phi) is 71.9. The number of ether oxygens (including phenoxy) is 4. The van der Waals surface area contributed by atoms with Crippen LogP contribution in [0.1, 0.15) is 426 Å². The summed E-state index contributed by atoms with van der Waals surface area (Å²) < 4.78 is 68.5. The van der Waals surface area contributed by atoms with Crippen molar-refractivity contribution >= 4 is 39.5 Å². The van der Waals surface area contributed by atoms with E-state index in [0.29, 0.717) is 25.7 Å². The summed E-state index contributed by atoms with van der Waals surface area (Å²) in [5.74, 6) is -2.11. The first-order valence-corrected chi connectivity index (χ1v) is 44.3. The summed E-state index contributed by atoms with van der Waals surface area (Å²) in [5.41, 5.74) is 0. The summed E-state index contributed by atoms with van der Waals surface area (Å²) in [6.45, 7) is 4.98. The Morgan fingerprint density at radius 3 is 0.602 bits per heavy atom. The summed E-state index contributed by atoms with van der Waals surface area (Å²) >= 11 is 0. The summed E-state index contributed by atoms with van der Waals surface area (Å²) in [7, 11) is -9.91. The molecule has 0 rings (SSSR count). The number of unbranched alkanes of at least 4 members (excludes halogenated alkanes) is 54. The third-order valence-corrected chi connectivity index (χ3v) is 20.5. The van der Waals surface area contributed by atoms with E-state index in [0.717, 1.165) is 89.9 Å². The van der Waals surface area contributed by atoms with Crippen LogP contribution in [0.25, 0.3) is 0 Å². The molecule has 19 heteroatoms. The van der Waals surface area contributed by atoms with Crippen LogP contribution in [0.3, 0.4) is 0 Å². The van der Waals surface area contributed by atoms with Crippen molar-refractivity contribution < 1.29 is 80.2 Å². The van der Waals surface area contributed by atoms with Gasteiger partial charge in [-0.1, -0.05) is 374 Å². The third-order valence-electron chi connectivity index (χ3n) is 18.6. The van der Waals surface area contributed by atoms with Gasteiger partial charge in [0.2, 0.25) is 0 Å². The Morgan fingerprint density at radius 1 is 0.245 bits per heavy atom. The molecule has 98 heavy (non-hydrogen) atoms. The van der Waals surface area contributed by atoms with Crippen LogP contribution in [0, 0.1) is 0 Å². The number of carbonyl (C=O) groups is 4. The third kappa shape index (κ3) is 72.4. The summed E-state index contributed by atoms with van der Waals surface area (Å²) in [6.07, 6.45) is 65.4. The first kappa shape index (κ1) is 96.1. The fourth-order valence-electron chi connectivity index (χ4n) is 12.3. The van der Waals surface area contributed by atoms with Gasteiger partial charge in [-0.3, -0.25) is 37.3 Å². The first-order valence-electron chi connectivity index (χ1n) is 41.3. The molecule has 0 aromatic heterocycles. The molecule has 0 bridgehead atoms. The summed E-state index contributed by atoms with van der Waals surface area (Å²) in [6, 6.07) is 0. The molecule has 0 saturated carbocycles. The molecule has 0 heterocycles. The molecule has 2 unspecified atom stereocenters. The van der Waals surface area contributed by atoms with Gasteiger partial charge in [0.15, 0.2) is 12.2 Å². The molecule has 0 fully saturated rings. The lowest BCUT2D eigenvalue weighted by Gasteiger charge is -2.21. The van der Waals surface area contributed by atoms with Gasteiger partial charge in [-0.2, -0.15) is 0 Å². The Balaban J connectivity index is 5.16. The predicted molar refractivity (Wildman–Crippen MR) is 400 cm³/mol. The number of aliphatic hydroxyl groups excluding tert-OH is 1. The quantitative estimate of drug-likeness (QED) is 0.0222. The first-order chi connectivity index (χ1) is 47.7. The minimum absolute atomic E-state index is 0.107. The standard InChI is InChI=1S/C79H154O17P2/c1-5-9-13-17-21-25-28-30-32-34-35-36-37-38-40-42-44-46-50-54-58-62-66-79(84)96-75(70-90-77(82)64-60-56-52-49-45-43-41-39-33-31-29-26-22-18-14-10-6-2)72-94-98(87,88)92-68-73(80)67-91-97(85,86)93-71-74(69-89-76(81)63-59-55-51-47-24-20-16-12-8-4)95-78(83)65-61-57-53-48-27-23-19-15-11-7-3/h73-75,80H,5-72H2,1-4H3,(H,85,86)(H,87,88)/t73-,74+,75+/m0/s1. The topological polar surface area (TPSA) is 237 Å². The highest BCUT2D eigenvalue weighted by Crippen LogP contribution is 2.45. The zero-order valence-electron chi connectivity index (χ0n) is 63.8. The van der Waals surface area contributed by atoms with E-state index in [9.17, 15) is 43.2 Å². The van der Waals surface area contributed by atoms with Gasteiger partial charge in [0.1, 0.15) is 19.3 Å². The zero-order valence-corrected chi connectivity index (χ0v) is 65.6. The van der Waals surface area contributed by atoms with Crippen LogP contribution in [0.4, 0.5) is 0 Å². The van der Waals surface area contributed by atoms with Crippen LogP contribution in [0.5, 0.6) is 0 Å². The van der Waals surface area contributed by atoms with Gasteiger partial charge < -0.3 is 33.8 Å². The van der Waals surface area contributed by atoms with Gasteiger partial charge in [0.25, 0.3) is 0 Å². The van der Waals surface area contributed by atoms with E-state index in [4.69, 9.17) is 37.0 Å². The highest BCUT2D eigenvalue weighted by atomic mass is 31.2. The Morgan fingerprint density at radius 2 is 0.408 bits per heavy atom. The molecule has 0 spiro atoms. The Labute approximate surface area is 600 Å². The van der Waals surface area contributed by atoms with Crippen molar-refractivity contribution in [2.75, 3.05) is 39.6 Å². The van der Waals surface area contributed by atoms with Crippen LogP contribution in [-0.4, -0.2) is 96.7 Å². The number of carbonyl (C=O) groups excluding carboxylic acids is 4. The molecule has 0 aliphatic heterocycles. The van der Waals surface area contributed by atoms with Gasteiger partial charge in [-0.05, 0) is 25.7 Å². The summed E-state index contributed by atoms with van der Waals surface area (Å²) in [5, 5.41) is 10.6. The van der Waals surface area contributed by atoms with Crippen molar-refractivity contribution in [3.05, 3.63) is 0 Å². The van der Waals surface area contributed by atoms with E-state index in [-0.39, 0.29) is 25.7 Å². The molecule has 582 valence electrons. The number of hydrogen-bond acceptors (Lipinski definition) is 15. The Hall–Kier alpha value is -1.94. The molecular formula is C79H154O17P2. The Bertz CT molecular complexity index is 1860. The fraction of sp³-hybridized carbons (Fsp3) is 0.949. The number of hydrogen-bond donors (Lipinski definition) is 3. The SMILES string of the molecule is CCCCCCCCCCCCCCCCCCCCCCCCC(=O)O[C@H](COC(=O)CCCCCCCCCCCCCCCCCCC)COP(=O)(O)OC[C@@H](O)COP(=O)(O)OC[C@@H](COC(=O)CCCCCCCCCCC)OC(=O)CCCCCCCCCCCC. The second kappa shape index (κ2) is 73.4. The van der Waals surface area contributed by atoms with Crippen molar-refractivity contribution in [1.29, 1.82) is 0 Å². The monoisotopic (exact) mass is 1440 g/mol. The molecule has 0 amide bonds. The van der Waals surface area contributed by atoms with Gasteiger partial charge in [0.05, 0.1) is 26.4 Å². The maximum atomic E-state index is 13.1. The molecule has 3 N–H and O–H groups in total. The smallest absolute Gasteiger partial charge is 0.462 e. The molecule has 17 nitrogen and oxygen atoms in total. The second-order valence-electron chi connectivity index (χ2n) is 28.5. The molecular weight excluding hydrogens is 1280 g/mol. The van der Waals surface area contributed by atoms with Crippen LogP contribution in [0.15, 0.2) is 0 Å². The van der Waals surface area contributed by atoms with Crippen molar-refractivity contribution in [3.8, 4) is 0 Å². The van der Waals surface area contributed by atoms with E-state index in [1.54, 1.807) is 0 Å². The highest BCUT2D eigenvalue weighted by molar-refractivity contribution is 7.47. The van der Waals surface area contributed by atoms with Crippen LogP contribution >= 0.6 is 15.6 Å². The lowest BCUT2D eigenvalue weighted by molar-refractivity contribution is -0.161. The minimum Gasteiger partial charge on any atom is -0.462 e. The predicted octanol–water partition coefficient (Wildman–Crippen LogP) is 23.8. The number of phosphoric acid groups is 2. The van der Waals surface area contributed by atoms with Crippen LogP contribution in [-0.2, 0) is 65.4 Å². The lowest BCUT2D eigenvalue weighted by Crippen LogP contribution is -2.30. The molecule has 0 aliphatic rings. The van der Waals surface area contributed by atoms with E-state index >= 15 is 0 Å². The van der Waals surface area contributed by atoms with Crippen LogP contribution in [0.2, 0.25) is 0 Å². The largest absolute Gasteiger partial charge is 0.472 e. The molecule has 5 atom stereocenters. The van der Waals surface area contributed by atoms with Crippen molar-refractivity contribution in [2.24, 2.45) is 0 Å². The highest BCUT2D eigenvalue weighted by Gasteiger charge is 2.30. The average Bonchev–Trinajstić information content (AvgIpc) is 1.23. The number of rotatable bonds is 80. The lowest BCUT2D eigenvalue weighted by atomic mass is 10.0. The average molecular weight is 1440 g/mol. The second-order valence-corrected chi connectivity index (χ2v) is 31.4. The normalized spacial score (nSPS) is 13.8. The van der Waals surface area contributed by atoms with Gasteiger partial charge in [-0.25, -0.2) is 9.13 Å². The van der Waals surface area contributed by atoms with E-state index < -0.39 is 97.5 Å². The number of esters is 4. The maximum absolute atomic E-state index is 13.1.